The monoisotopic (exact) mass is 231 g/mol. The first kappa shape index (κ1) is 11.3. The fourth-order valence-corrected chi connectivity index (χ4v) is 1.42. The SMILES string of the molecule is CCNC(=O)Cc1nc(-c2ccncc2)n[nH]1. The molecule has 17 heavy (non-hydrogen) atoms. The van der Waals surface area contributed by atoms with Gasteiger partial charge in [0.15, 0.2) is 5.82 Å². The summed E-state index contributed by atoms with van der Waals surface area (Å²) >= 11 is 0. The van der Waals surface area contributed by atoms with E-state index in [1.807, 2.05) is 19.1 Å². The molecule has 0 aliphatic heterocycles. The third-order valence-corrected chi connectivity index (χ3v) is 2.17. The van der Waals surface area contributed by atoms with Crippen LogP contribution in [0.2, 0.25) is 0 Å². The Morgan fingerprint density at radius 1 is 1.41 bits per heavy atom. The zero-order valence-corrected chi connectivity index (χ0v) is 9.47. The molecule has 2 rings (SSSR count). The smallest absolute Gasteiger partial charge is 0.227 e. The van der Waals surface area contributed by atoms with Crippen molar-refractivity contribution in [1.29, 1.82) is 0 Å². The molecule has 0 unspecified atom stereocenters. The van der Waals surface area contributed by atoms with Gasteiger partial charge in [-0.2, -0.15) is 5.10 Å². The molecule has 2 aromatic rings. The topological polar surface area (TPSA) is 83.6 Å². The summed E-state index contributed by atoms with van der Waals surface area (Å²) in [5.41, 5.74) is 0.874. The molecule has 88 valence electrons. The highest BCUT2D eigenvalue weighted by molar-refractivity contribution is 5.77. The lowest BCUT2D eigenvalue weighted by atomic mass is 10.2. The second kappa shape index (κ2) is 5.20. The van der Waals surface area contributed by atoms with Gasteiger partial charge in [0.05, 0.1) is 6.42 Å². The van der Waals surface area contributed by atoms with Gasteiger partial charge in [0.2, 0.25) is 5.91 Å². The zero-order valence-electron chi connectivity index (χ0n) is 9.47. The second-order valence-electron chi connectivity index (χ2n) is 3.47. The first-order valence-electron chi connectivity index (χ1n) is 5.38. The molecule has 2 aromatic heterocycles. The van der Waals surface area contributed by atoms with Crippen molar-refractivity contribution >= 4 is 5.91 Å². The van der Waals surface area contributed by atoms with E-state index >= 15 is 0 Å². The molecular weight excluding hydrogens is 218 g/mol. The highest BCUT2D eigenvalue weighted by atomic mass is 16.1. The minimum Gasteiger partial charge on any atom is -0.356 e. The van der Waals surface area contributed by atoms with E-state index in [1.165, 1.54) is 0 Å². The Balaban J connectivity index is 2.09. The summed E-state index contributed by atoms with van der Waals surface area (Å²) in [5.74, 6) is 1.07. The molecule has 1 amide bonds. The summed E-state index contributed by atoms with van der Waals surface area (Å²) in [4.78, 5) is 19.5. The zero-order chi connectivity index (χ0) is 12.1. The fraction of sp³-hybridized carbons (Fsp3) is 0.273. The first-order valence-corrected chi connectivity index (χ1v) is 5.38. The molecule has 6 heteroatoms. The fourth-order valence-electron chi connectivity index (χ4n) is 1.42. The van der Waals surface area contributed by atoms with E-state index in [2.05, 4.69) is 25.5 Å². The number of nitrogens with one attached hydrogen (secondary N) is 2. The van der Waals surface area contributed by atoms with Crippen molar-refractivity contribution < 1.29 is 4.79 Å². The molecule has 0 bridgehead atoms. The summed E-state index contributed by atoms with van der Waals surface area (Å²) in [6.07, 6.45) is 3.57. The molecule has 0 saturated carbocycles. The van der Waals surface area contributed by atoms with Gasteiger partial charge in [0, 0.05) is 24.5 Å². The lowest BCUT2D eigenvalue weighted by Crippen LogP contribution is -2.24. The van der Waals surface area contributed by atoms with Crippen LogP contribution in [-0.4, -0.2) is 32.6 Å². The summed E-state index contributed by atoms with van der Waals surface area (Å²) in [7, 11) is 0. The van der Waals surface area contributed by atoms with Gasteiger partial charge in [0.25, 0.3) is 0 Å². The molecule has 0 aliphatic carbocycles. The van der Waals surface area contributed by atoms with Crippen molar-refractivity contribution in [1.82, 2.24) is 25.5 Å². The number of hydrogen-bond donors (Lipinski definition) is 2. The highest BCUT2D eigenvalue weighted by Gasteiger charge is 2.08. The average Bonchev–Trinajstić information content (AvgIpc) is 2.79. The van der Waals surface area contributed by atoms with Crippen molar-refractivity contribution in [3.63, 3.8) is 0 Å². The van der Waals surface area contributed by atoms with E-state index in [-0.39, 0.29) is 12.3 Å². The third-order valence-electron chi connectivity index (χ3n) is 2.17. The van der Waals surface area contributed by atoms with Crippen LogP contribution in [0, 0.1) is 0 Å². The number of carbonyl (C=O) groups excluding carboxylic acids is 1. The Bertz CT molecular complexity index is 494. The van der Waals surface area contributed by atoms with Crippen LogP contribution in [0.25, 0.3) is 11.4 Å². The second-order valence-corrected chi connectivity index (χ2v) is 3.47. The van der Waals surface area contributed by atoms with Crippen LogP contribution in [0.3, 0.4) is 0 Å². The maximum Gasteiger partial charge on any atom is 0.227 e. The molecule has 0 radical (unpaired) electrons. The Morgan fingerprint density at radius 2 is 2.18 bits per heavy atom. The van der Waals surface area contributed by atoms with Gasteiger partial charge in [-0.25, -0.2) is 4.98 Å². The van der Waals surface area contributed by atoms with Crippen molar-refractivity contribution in [3.8, 4) is 11.4 Å². The van der Waals surface area contributed by atoms with E-state index in [0.29, 0.717) is 18.2 Å². The van der Waals surface area contributed by atoms with Crippen molar-refractivity contribution in [2.24, 2.45) is 0 Å². The molecule has 0 atom stereocenters. The molecule has 0 spiro atoms. The molecule has 2 N–H and O–H groups in total. The van der Waals surface area contributed by atoms with E-state index in [9.17, 15) is 4.79 Å². The number of H-pyrrole nitrogens is 1. The molecule has 0 aromatic carbocycles. The number of hydrogen-bond acceptors (Lipinski definition) is 4. The Labute approximate surface area is 98.5 Å². The van der Waals surface area contributed by atoms with Crippen LogP contribution < -0.4 is 5.32 Å². The van der Waals surface area contributed by atoms with Crippen LogP contribution in [-0.2, 0) is 11.2 Å². The normalized spacial score (nSPS) is 10.2. The maximum absolute atomic E-state index is 11.3. The molecular formula is C11H13N5O. The number of aromatic amines is 1. The predicted molar refractivity (Wildman–Crippen MR) is 62.0 cm³/mol. The number of likely N-dealkylation sites (N-methyl/N-ethyl adjacent to an activating group) is 1. The van der Waals surface area contributed by atoms with Gasteiger partial charge in [-0.05, 0) is 19.1 Å². The quantitative estimate of drug-likeness (QED) is 0.804. The predicted octanol–water partition coefficient (Wildman–Crippen LogP) is 0.545. The Morgan fingerprint density at radius 3 is 2.88 bits per heavy atom. The minimum atomic E-state index is -0.0649. The Kier molecular flexibility index (Phi) is 3.44. The lowest BCUT2D eigenvalue weighted by Gasteiger charge is -1.97. The standard InChI is InChI=1S/C11H13N5O/c1-2-13-10(17)7-9-14-11(16-15-9)8-3-5-12-6-4-8/h3-6H,2,7H2,1H3,(H,13,17)(H,14,15,16). The van der Waals surface area contributed by atoms with Crippen LogP contribution >= 0.6 is 0 Å². The van der Waals surface area contributed by atoms with Crippen LogP contribution in [0.1, 0.15) is 12.7 Å². The van der Waals surface area contributed by atoms with E-state index < -0.39 is 0 Å². The number of aromatic nitrogens is 4. The highest BCUT2D eigenvalue weighted by Crippen LogP contribution is 2.12. The minimum absolute atomic E-state index is 0.0649. The average molecular weight is 231 g/mol. The van der Waals surface area contributed by atoms with E-state index in [4.69, 9.17) is 0 Å². The van der Waals surface area contributed by atoms with Crippen molar-refractivity contribution in [3.05, 3.63) is 30.4 Å². The maximum atomic E-state index is 11.3. The first-order chi connectivity index (χ1) is 8.29. The summed E-state index contributed by atoms with van der Waals surface area (Å²) in [5, 5.41) is 9.51. The van der Waals surface area contributed by atoms with Crippen LogP contribution in [0.5, 0.6) is 0 Å². The van der Waals surface area contributed by atoms with Gasteiger partial charge in [-0.3, -0.25) is 14.9 Å². The molecule has 0 fully saturated rings. The van der Waals surface area contributed by atoms with Gasteiger partial charge in [-0.1, -0.05) is 0 Å². The number of nitrogens with zero attached hydrogens (tertiary/aromatic N) is 3. The van der Waals surface area contributed by atoms with Crippen LogP contribution in [0.15, 0.2) is 24.5 Å². The van der Waals surface area contributed by atoms with E-state index in [0.717, 1.165) is 5.56 Å². The molecule has 6 nitrogen and oxygen atoms in total. The van der Waals surface area contributed by atoms with Gasteiger partial charge in [0.1, 0.15) is 5.82 Å². The van der Waals surface area contributed by atoms with Gasteiger partial charge in [-0.15, -0.1) is 0 Å². The van der Waals surface area contributed by atoms with E-state index in [1.54, 1.807) is 12.4 Å². The molecule has 2 heterocycles. The van der Waals surface area contributed by atoms with Crippen molar-refractivity contribution in [2.45, 2.75) is 13.3 Å². The third kappa shape index (κ3) is 2.87. The molecule has 0 aliphatic rings. The lowest BCUT2D eigenvalue weighted by molar-refractivity contribution is -0.120. The number of carbonyl (C=O) groups is 1. The summed E-state index contributed by atoms with van der Waals surface area (Å²) in [6.45, 7) is 2.49. The van der Waals surface area contributed by atoms with Gasteiger partial charge >= 0.3 is 0 Å². The summed E-state index contributed by atoms with van der Waals surface area (Å²) < 4.78 is 0. The number of amides is 1. The number of rotatable bonds is 4. The largest absolute Gasteiger partial charge is 0.356 e. The number of pyridine rings is 1. The van der Waals surface area contributed by atoms with Gasteiger partial charge < -0.3 is 5.32 Å². The summed E-state index contributed by atoms with van der Waals surface area (Å²) in [6, 6.07) is 3.64. The Hall–Kier alpha value is -2.24. The van der Waals surface area contributed by atoms with Crippen molar-refractivity contribution in [2.75, 3.05) is 6.54 Å². The molecule has 0 saturated heterocycles. The van der Waals surface area contributed by atoms with Crippen LogP contribution in [0.4, 0.5) is 0 Å².